The molecule has 21 heavy (non-hydrogen) atoms. The zero-order valence-corrected chi connectivity index (χ0v) is 11.5. The van der Waals surface area contributed by atoms with Gasteiger partial charge in [-0.15, -0.1) is 0 Å². The van der Waals surface area contributed by atoms with Gasteiger partial charge >= 0.3 is 0 Å². The predicted octanol–water partition coefficient (Wildman–Crippen LogP) is 2.09. The van der Waals surface area contributed by atoms with E-state index in [0.717, 1.165) is 17.3 Å². The number of hydrogen-bond donors (Lipinski definition) is 2. The molecule has 0 fully saturated rings. The average Bonchev–Trinajstić information content (AvgIpc) is 2.45. The van der Waals surface area contributed by atoms with Crippen LogP contribution in [0.15, 0.2) is 36.5 Å². The third-order valence-electron chi connectivity index (χ3n) is 2.63. The van der Waals surface area contributed by atoms with Crippen molar-refractivity contribution >= 4 is 11.6 Å². The lowest BCUT2D eigenvalue weighted by atomic mass is 10.1. The normalized spacial score (nSPS) is 9.67. The van der Waals surface area contributed by atoms with E-state index >= 15 is 0 Å². The number of nitrogens with two attached hydrogens (primary N) is 1. The summed E-state index contributed by atoms with van der Waals surface area (Å²) in [7, 11) is 0. The molecule has 0 aliphatic heterocycles. The van der Waals surface area contributed by atoms with Gasteiger partial charge in [0.05, 0.1) is 12.7 Å². The molecule has 3 N–H and O–H groups in total. The molecule has 0 bridgehead atoms. The second kappa shape index (κ2) is 6.64. The molecule has 0 radical (unpaired) electrons. The first-order chi connectivity index (χ1) is 10.1. The van der Waals surface area contributed by atoms with E-state index in [2.05, 4.69) is 22.1 Å². The zero-order valence-electron chi connectivity index (χ0n) is 11.5. The van der Waals surface area contributed by atoms with Gasteiger partial charge in [-0.3, -0.25) is 4.79 Å². The molecule has 2 aromatic rings. The fourth-order valence-electron chi connectivity index (χ4n) is 1.79. The summed E-state index contributed by atoms with van der Waals surface area (Å²) in [6.07, 6.45) is 1.00. The number of rotatable bonds is 2. The van der Waals surface area contributed by atoms with Crippen LogP contribution in [0.1, 0.15) is 21.6 Å². The molecule has 0 atom stereocenters. The third-order valence-corrected chi connectivity index (χ3v) is 2.63. The molecule has 0 unspecified atom stereocenters. The van der Waals surface area contributed by atoms with Crippen LogP contribution in [0.4, 0.5) is 10.1 Å². The van der Waals surface area contributed by atoms with Crippen molar-refractivity contribution in [2.75, 3.05) is 11.9 Å². The Kier molecular flexibility index (Phi) is 4.64. The highest BCUT2D eigenvalue weighted by molar-refractivity contribution is 6.02. The first kappa shape index (κ1) is 14.7. The topological polar surface area (TPSA) is 68.0 Å². The van der Waals surface area contributed by atoms with Crippen LogP contribution in [0.3, 0.4) is 0 Å². The van der Waals surface area contributed by atoms with E-state index in [0.29, 0.717) is 5.69 Å². The Morgan fingerprint density at radius 3 is 2.86 bits per heavy atom. The van der Waals surface area contributed by atoms with Crippen molar-refractivity contribution in [3.63, 3.8) is 0 Å². The Hall–Kier alpha value is -2.71. The number of nitrogens with one attached hydrogen (secondary N) is 1. The van der Waals surface area contributed by atoms with E-state index in [4.69, 9.17) is 5.73 Å². The lowest BCUT2D eigenvalue weighted by Gasteiger charge is -2.06. The van der Waals surface area contributed by atoms with Crippen LogP contribution in [-0.2, 0) is 0 Å². The summed E-state index contributed by atoms with van der Waals surface area (Å²) < 4.78 is 12.8. The summed E-state index contributed by atoms with van der Waals surface area (Å²) in [5.74, 6) is 4.79. The molecule has 1 heterocycles. The van der Waals surface area contributed by atoms with Gasteiger partial charge in [-0.25, -0.2) is 9.37 Å². The van der Waals surface area contributed by atoms with Crippen LogP contribution in [-0.4, -0.2) is 17.4 Å². The average molecular weight is 283 g/mol. The van der Waals surface area contributed by atoms with Gasteiger partial charge in [0.15, 0.2) is 0 Å². The van der Waals surface area contributed by atoms with Crippen molar-refractivity contribution in [1.82, 2.24) is 4.98 Å². The van der Waals surface area contributed by atoms with Crippen LogP contribution < -0.4 is 11.1 Å². The number of hydrogen-bond acceptors (Lipinski definition) is 3. The molecule has 0 saturated carbocycles. The molecule has 0 spiro atoms. The first-order valence-corrected chi connectivity index (χ1v) is 6.32. The summed E-state index contributed by atoms with van der Waals surface area (Å²) in [5, 5.41) is 2.71. The Bertz CT molecular complexity index is 715. The molecule has 1 aromatic carbocycles. The molecular weight excluding hydrogens is 269 g/mol. The summed E-state index contributed by atoms with van der Waals surface area (Å²) in [4.78, 5) is 15.7. The van der Waals surface area contributed by atoms with Crippen molar-refractivity contribution in [3.8, 4) is 11.8 Å². The smallest absolute Gasteiger partial charge is 0.274 e. The number of aryl methyl sites for hydroxylation is 1. The number of aromatic nitrogens is 1. The minimum Gasteiger partial charge on any atom is -0.321 e. The maximum absolute atomic E-state index is 12.8. The Morgan fingerprint density at radius 2 is 2.19 bits per heavy atom. The van der Waals surface area contributed by atoms with E-state index < -0.39 is 11.7 Å². The van der Waals surface area contributed by atoms with E-state index in [1.54, 1.807) is 6.07 Å². The van der Waals surface area contributed by atoms with E-state index in [1.165, 1.54) is 12.1 Å². The quantitative estimate of drug-likeness (QED) is 0.829. The monoisotopic (exact) mass is 283 g/mol. The Balaban J connectivity index is 2.20. The highest BCUT2D eigenvalue weighted by atomic mass is 19.1. The largest absolute Gasteiger partial charge is 0.321 e. The van der Waals surface area contributed by atoms with E-state index in [-0.39, 0.29) is 12.2 Å². The number of nitrogens with zero attached hydrogens (tertiary/aromatic N) is 1. The van der Waals surface area contributed by atoms with Gasteiger partial charge < -0.3 is 11.1 Å². The second-order valence-corrected chi connectivity index (χ2v) is 4.41. The minimum atomic E-state index is -0.485. The van der Waals surface area contributed by atoms with E-state index in [9.17, 15) is 9.18 Å². The Labute approximate surface area is 122 Å². The summed E-state index contributed by atoms with van der Waals surface area (Å²) in [6, 6.07) is 7.98. The van der Waals surface area contributed by atoms with Gasteiger partial charge in [0.2, 0.25) is 0 Å². The van der Waals surface area contributed by atoms with Crippen molar-refractivity contribution < 1.29 is 9.18 Å². The fraction of sp³-hybridized carbons (Fsp3) is 0.125. The lowest BCUT2D eigenvalue weighted by Crippen LogP contribution is -2.13. The number of halogens is 1. The number of carbonyl (C=O) groups is 1. The van der Waals surface area contributed by atoms with Gasteiger partial charge in [0.25, 0.3) is 5.91 Å². The SMILES string of the molecule is Cc1cc(C#CCN)cc(NC(=O)c2ccc(F)cn2)c1. The molecule has 2 rings (SSSR count). The molecule has 0 saturated heterocycles. The van der Waals surface area contributed by atoms with Crippen LogP contribution in [0.5, 0.6) is 0 Å². The summed E-state index contributed by atoms with van der Waals surface area (Å²) >= 11 is 0. The number of benzene rings is 1. The lowest BCUT2D eigenvalue weighted by molar-refractivity contribution is 0.102. The van der Waals surface area contributed by atoms with Gasteiger partial charge in [0.1, 0.15) is 11.5 Å². The zero-order chi connectivity index (χ0) is 15.2. The van der Waals surface area contributed by atoms with Crippen molar-refractivity contribution in [2.24, 2.45) is 5.73 Å². The molecule has 106 valence electrons. The molecule has 0 aliphatic carbocycles. The third kappa shape index (κ3) is 4.13. The molecule has 5 heteroatoms. The van der Waals surface area contributed by atoms with Crippen molar-refractivity contribution in [2.45, 2.75) is 6.92 Å². The van der Waals surface area contributed by atoms with Gasteiger partial charge in [-0.05, 0) is 42.8 Å². The van der Waals surface area contributed by atoms with Crippen LogP contribution >= 0.6 is 0 Å². The van der Waals surface area contributed by atoms with Crippen LogP contribution in [0.2, 0.25) is 0 Å². The highest BCUT2D eigenvalue weighted by Crippen LogP contribution is 2.15. The fourth-order valence-corrected chi connectivity index (χ4v) is 1.79. The van der Waals surface area contributed by atoms with E-state index in [1.807, 2.05) is 19.1 Å². The maximum Gasteiger partial charge on any atom is 0.274 e. The Morgan fingerprint density at radius 1 is 1.38 bits per heavy atom. The number of carbonyl (C=O) groups excluding carboxylic acids is 1. The van der Waals surface area contributed by atoms with Gasteiger partial charge in [-0.1, -0.05) is 11.8 Å². The predicted molar refractivity (Wildman–Crippen MR) is 79.3 cm³/mol. The number of amides is 1. The molecular formula is C16H14FN3O. The minimum absolute atomic E-state index is 0.146. The van der Waals surface area contributed by atoms with Crippen LogP contribution in [0, 0.1) is 24.6 Å². The second-order valence-electron chi connectivity index (χ2n) is 4.41. The van der Waals surface area contributed by atoms with Crippen molar-refractivity contribution in [3.05, 3.63) is 59.2 Å². The molecule has 0 aliphatic rings. The van der Waals surface area contributed by atoms with Gasteiger partial charge in [-0.2, -0.15) is 0 Å². The van der Waals surface area contributed by atoms with Gasteiger partial charge in [0, 0.05) is 11.3 Å². The standard InChI is InChI=1S/C16H14FN3O/c1-11-7-12(3-2-6-18)9-14(8-11)20-16(21)15-5-4-13(17)10-19-15/h4-5,7-10H,6,18H2,1H3,(H,20,21). The molecule has 4 nitrogen and oxygen atoms in total. The molecule has 1 aromatic heterocycles. The summed E-state index contributed by atoms with van der Waals surface area (Å²) in [5.41, 5.74) is 7.82. The maximum atomic E-state index is 12.8. The first-order valence-electron chi connectivity index (χ1n) is 6.32. The summed E-state index contributed by atoms with van der Waals surface area (Å²) in [6.45, 7) is 2.18. The highest BCUT2D eigenvalue weighted by Gasteiger charge is 2.08. The number of pyridine rings is 1. The van der Waals surface area contributed by atoms with Crippen LogP contribution in [0.25, 0.3) is 0 Å². The van der Waals surface area contributed by atoms with Crippen molar-refractivity contribution in [1.29, 1.82) is 0 Å². The number of anilines is 1. The molecule has 1 amide bonds.